The van der Waals surface area contributed by atoms with Crippen LogP contribution in [0, 0.1) is 0 Å². The summed E-state index contributed by atoms with van der Waals surface area (Å²) in [4.78, 5) is 4.16. The molecule has 2 heterocycles. The van der Waals surface area contributed by atoms with E-state index in [1.165, 1.54) is 0 Å². The van der Waals surface area contributed by atoms with Gasteiger partial charge >= 0.3 is 0 Å². The summed E-state index contributed by atoms with van der Waals surface area (Å²) in [5, 5.41) is 0. The number of aromatic nitrogens is 2. The summed E-state index contributed by atoms with van der Waals surface area (Å²) in [6.07, 6.45) is 3.62. The molecule has 3 heteroatoms. The number of anilines is 1. The second kappa shape index (κ2) is 3.94. The fourth-order valence-corrected chi connectivity index (χ4v) is 1.24. The smallest absolute Gasteiger partial charge is 0.111 e. The number of nitrogens with two attached hydrogens (primary N) is 1. The highest BCUT2D eigenvalue weighted by Crippen LogP contribution is 2.18. The second-order valence-electron chi connectivity index (χ2n) is 2.57. The van der Waals surface area contributed by atoms with Crippen molar-refractivity contribution in [3.63, 3.8) is 0 Å². The fourth-order valence-electron chi connectivity index (χ4n) is 1.24. The number of hydrogen-bond acceptors (Lipinski definition) is 2. The summed E-state index contributed by atoms with van der Waals surface area (Å²) in [5.74, 6) is 0. The minimum atomic E-state index is 0.739. The zero-order valence-corrected chi connectivity index (χ0v) is 8.28. The third-order valence-corrected chi connectivity index (χ3v) is 1.77. The van der Waals surface area contributed by atoms with Gasteiger partial charge in [-0.3, -0.25) is 4.98 Å². The Hall–Kier alpha value is -1.51. The molecule has 0 aliphatic carbocycles. The molecule has 0 atom stereocenters. The average Bonchev–Trinajstić information content (AvgIpc) is 2.47. The zero-order chi connectivity index (χ0) is 9.84. The van der Waals surface area contributed by atoms with E-state index in [1.54, 1.807) is 6.20 Å². The first-order chi connectivity index (χ1) is 6.29. The predicted octanol–water partition coefficient (Wildman–Crippen LogP) is 2.18. The van der Waals surface area contributed by atoms with E-state index in [0.29, 0.717) is 0 Å². The van der Waals surface area contributed by atoms with Crippen molar-refractivity contribution >= 4 is 16.7 Å². The number of rotatable bonds is 0. The number of pyridine rings is 1. The minimum absolute atomic E-state index is 0.739. The lowest BCUT2D eigenvalue weighted by molar-refractivity contribution is 0.969. The van der Waals surface area contributed by atoms with Gasteiger partial charge in [-0.2, -0.15) is 0 Å². The monoisotopic (exact) mass is 177 g/mol. The largest absolute Gasteiger partial charge is 0.396 e. The maximum absolute atomic E-state index is 5.69. The van der Waals surface area contributed by atoms with Crippen LogP contribution >= 0.6 is 0 Å². The molecule has 0 aromatic carbocycles. The minimum Gasteiger partial charge on any atom is -0.396 e. The molecule has 0 unspecified atom stereocenters. The summed E-state index contributed by atoms with van der Waals surface area (Å²) < 4.78 is 1.97. The van der Waals surface area contributed by atoms with E-state index >= 15 is 0 Å². The van der Waals surface area contributed by atoms with E-state index in [1.807, 2.05) is 43.8 Å². The molecule has 0 aliphatic heterocycles. The van der Waals surface area contributed by atoms with Gasteiger partial charge in [0.1, 0.15) is 5.52 Å². The molecular formula is C10H15N3. The third-order valence-electron chi connectivity index (χ3n) is 1.77. The van der Waals surface area contributed by atoms with Crippen molar-refractivity contribution in [2.45, 2.75) is 13.8 Å². The highest BCUT2D eigenvalue weighted by molar-refractivity contribution is 5.87. The molecule has 70 valence electrons. The van der Waals surface area contributed by atoms with Crippen LogP contribution in [0.3, 0.4) is 0 Å². The van der Waals surface area contributed by atoms with Gasteiger partial charge in [0.05, 0.1) is 11.2 Å². The van der Waals surface area contributed by atoms with Gasteiger partial charge < -0.3 is 10.3 Å². The number of fused-ring (bicyclic) bond motifs is 1. The Bertz CT molecular complexity index is 354. The standard InChI is InChI=1S/C8H9N3.C2H6/c1-11-5-6(9)8-7(11)3-2-4-10-8;1-2/h2-5H,9H2,1H3;1-2H3. The molecule has 0 radical (unpaired) electrons. The molecular weight excluding hydrogens is 162 g/mol. The van der Waals surface area contributed by atoms with E-state index in [0.717, 1.165) is 16.7 Å². The molecule has 3 nitrogen and oxygen atoms in total. The lowest BCUT2D eigenvalue weighted by Crippen LogP contribution is -1.82. The molecule has 0 fully saturated rings. The summed E-state index contributed by atoms with van der Waals surface area (Å²) in [6.45, 7) is 4.00. The van der Waals surface area contributed by atoms with Crippen molar-refractivity contribution in [1.29, 1.82) is 0 Å². The Morgan fingerprint density at radius 3 is 2.69 bits per heavy atom. The quantitative estimate of drug-likeness (QED) is 0.670. The van der Waals surface area contributed by atoms with Gasteiger partial charge in [-0.1, -0.05) is 13.8 Å². The number of nitrogen functional groups attached to an aromatic ring is 1. The van der Waals surface area contributed by atoms with Gasteiger partial charge in [0, 0.05) is 19.4 Å². The maximum Gasteiger partial charge on any atom is 0.111 e. The van der Waals surface area contributed by atoms with Gasteiger partial charge in [-0.25, -0.2) is 0 Å². The Kier molecular flexibility index (Phi) is 2.90. The Morgan fingerprint density at radius 2 is 2.08 bits per heavy atom. The molecule has 2 rings (SSSR count). The summed E-state index contributed by atoms with van der Waals surface area (Å²) in [6, 6.07) is 3.90. The molecule has 2 N–H and O–H groups in total. The molecule has 13 heavy (non-hydrogen) atoms. The first-order valence-corrected chi connectivity index (χ1v) is 4.44. The highest BCUT2D eigenvalue weighted by Gasteiger charge is 2.01. The fraction of sp³-hybridized carbons (Fsp3) is 0.300. The lowest BCUT2D eigenvalue weighted by atomic mass is 10.4. The van der Waals surface area contributed by atoms with Crippen molar-refractivity contribution in [3.05, 3.63) is 24.5 Å². The predicted molar refractivity (Wildman–Crippen MR) is 56.5 cm³/mol. The van der Waals surface area contributed by atoms with Crippen LogP contribution < -0.4 is 5.73 Å². The third kappa shape index (κ3) is 1.64. The van der Waals surface area contributed by atoms with Crippen LogP contribution in [-0.2, 0) is 7.05 Å². The van der Waals surface area contributed by atoms with Gasteiger partial charge in [0.15, 0.2) is 0 Å². The van der Waals surface area contributed by atoms with Crippen LogP contribution in [0.5, 0.6) is 0 Å². The molecule has 0 aliphatic rings. The molecule has 0 bridgehead atoms. The van der Waals surface area contributed by atoms with Gasteiger partial charge in [0.25, 0.3) is 0 Å². The van der Waals surface area contributed by atoms with Crippen LogP contribution in [0.2, 0.25) is 0 Å². The normalized spacial score (nSPS) is 9.46. The average molecular weight is 177 g/mol. The van der Waals surface area contributed by atoms with Crippen molar-refractivity contribution < 1.29 is 0 Å². The number of aryl methyl sites for hydroxylation is 1. The van der Waals surface area contributed by atoms with Crippen LogP contribution in [0.4, 0.5) is 5.69 Å². The van der Waals surface area contributed by atoms with E-state index in [9.17, 15) is 0 Å². The number of nitrogens with zero attached hydrogens (tertiary/aromatic N) is 2. The van der Waals surface area contributed by atoms with E-state index in [2.05, 4.69) is 4.98 Å². The van der Waals surface area contributed by atoms with E-state index in [4.69, 9.17) is 5.73 Å². The van der Waals surface area contributed by atoms with Crippen molar-refractivity contribution in [3.8, 4) is 0 Å². The van der Waals surface area contributed by atoms with Crippen LogP contribution in [0.15, 0.2) is 24.5 Å². The molecule has 0 saturated carbocycles. The van der Waals surface area contributed by atoms with Crippen molar-refractivity contribution in [1.82, 2.24) is 9.55 Å². The lowest BCUT2D eigenvalue weighted by Gasteiger charge is -1.91. The Labute approximate surface area is 78.2 Å². The van der Waals surface area contributed by atoms with Gasteiger partial charge in [-0.05, 0) is 12.1 Å². The van der Waals surface area contributed by atoms with Crippen molar-refractivity contribution in [2.75, 3.05) is 5.73 Å². The SMILES string of the molecule is CC.Cn1cc(N)c2ncccc21. The summed E-state index contributed by atoms with van der Waals surface area (Å²) >= 11 is 0. The van der Waals surface area contributed by atoms with Crippen molar-refractivity contribution in [2.24, 2.45) is 7.05 Å². The molecule has 2 aromatic heterocycles. The Balaban J connectivity index is 0.000000396. The first-order valence-electron chi connectivity index (χ1n) is 4.44. The molecule has 0 saturated heterocycles. The first kappa shape index (κ1) is 9.58. The zero-order valence-electron chi connectivity index (χ0n) is 8.28. The Morgan fingerprint density at radius 1 is 1.38 bits per heavy atom. The number of hydrogen-bond donors (Lipinski definition) is 1. The summed E-state index contributed by atoms with van der Waals surface area (Å²) in [5.41, 5.74) is 8.39. The summed E-state index contributed by atoms with van der Waals surface area (Å²) in [7, 11) is 1.96. The van der Waals surface area contributed by atoms with Gasteiger partial charge in [-0.15, -0.1) is 0 Å². The van der Waals surface area contributed by atoms with Gasteiger partial charge in [0.2, 0.25) is 0 Å². The van der Waals surface area contributed by atoms with E-state index in [-0.39, 0.29) is 0 Å². The van der Waals surface area contributed by atoms with Crippen LogP contribution in [0.25, 0.3) is 11.0 Å². The van der Waals surface area contributed by atoms with Crippen LogP contribution in [-0.4, -0.2) is 9.55 Å². The molecule has 0 amide bonds. The van der Waals surface area contributed by atoms with E-state index < -0.39 is 0 Å². The second-order valence-corrected chi connectivity index (χ2v) is 2.57. The molecule has 2 aromatic rings. The molecule has 0 spiro atoms. The maximum atomic E-state index is 5.69. The van der Waals surface area contributed by atoms with Crippen LogP contribution in [0.1, 0.15) is 13.8 Å². The topological polar surface area (TPSA) is 43.8 Å². The highest BCUT2D eigenvalue weighted by atomic mass is 15.0.